The van der Waals surface area contributed by atoms with Crippen LogP contribution < -0.4 is 5.32 Å². The fraction of sp³-hybridized carbons (Fsp3) is 0.333. The summed E-state index contributed by atoms with van der Waals surface area (Å²) in [4.78, 5) is 9.01. The van der Waals surface area contributed by atoms with Gasteiger partial charge in [-0.15, -0.1) is 0 Å². The molecule has 2 heterocycles. The van der Waals surface area contributed by atoms with Crippen molar-refractivity contribution in [1.29, 1.82) is 0 Å². The highest BCUT2D eigenvalue weighted by molar-refractivity contribution is 6.30. The van der Waals surface area contributed by atoms with Crippen molar-refractivity contribution in [2.24, 2.45) is 0 Å². The third-order valence-electron chi connectivity index (χ3n) is 3.49. The van der Waals surface area contributed by atoms with Gasteiger partial charge in [0, 0.05) is 25.5 Å². The maximum Gasteiger partial charge on any atom is 0.145 e. The van der Waals surface area contributed by atoms with Crippen molar-refractivity contribution in [3.8, 4) is 0 Å². The molecule has 21 heavy (non-hydrogen) atoms. The highest BCUT2D eigenvalue weighted by Gasteiger charge is 2.18. The molecular weight excluding hydrogens is 293 g/mol. The zero-order valence-corrected chi connectivity index (χ0v) is 12.4. The minimum absolute atomic E-state index is 0.118. The lowest BCUT2D eigenvalue weighted by Crippen LogP contribution is -2.17. The quantitative estimate of drug-likeness (QED) is 0.947. The second-order valence-electron chi connectivity index (χ2n) is 4.86. The number of hydrogen-bond donors (Lipinski definition) is 1. The molecule has 0 radical (unpaired) electrons. The van der Waals surface area contributed by atoms with Gasteiger partial charge in [-0.25, -0.2) is 14.4 Å². The van der Waals surface area contributed by atoms with Crippen LogP contribution in [-0.2, 0) is 24.2 Å². The standard InChI is InChI=1S/C15H15ClFN3O/c1-18-15-10-8-21-6-5-12(10)19-13(20-15)7-9-3-2-4-11(16)14(9)17/h2-4H,5-8H2,1H3,(H,18,19,20). The molecule has 1 aromatic heterocycles. The second-order valence-corrected chi connectivity index (χ2v) is 5.26. The normalized spacial score (nSPS) is 13.9. The lowest BCUT2D eigenvalue weighted by atomic mass is 10.1. The average Bonchev–Trinajstić information content (AvgIpc) is 2.51. The predicted molar refractivity (Wildman–Crippen MR) is 79.2 cm³/mol. The molecule has 0 saturated heterocycles. The molecule has 4 nitrogen and oxygen atoms in total. The van der Waals surface area contributed by atoms with Gasteiger partial charge in [0.2, 0.25) is 0 Å². The number of nitrogens with zero attached hydrogens (tertiary/aromatic N) is 2. The Morgan fingerprint density at radius 1 is 1.38 bits per heavy atom. The smallest absolute Gasteiger partial charge is 0.145 e. The first kappa shape index (κ1) is 14.2. The number of halogens is 2. The number of aromatic nitrogens is 2. The molecule has 3 rings (SSSR count). The van der Waals surface area contributed by atoms with E-state index in [1.54, 1.807) is 19.2 Å². The highest BCUT2D eigenvalue weighted by Crippen LogP contribution is 2.24. The summed E-state index contributed by atoms with van der Waals surface area (Å²) in [5.74, 6) is 0.924. The van der Waals surface area contributed by atoms with E-state index in [0.717, 1.165) is 23.5 Å². The number of rotatable bonds is 3. The number of benzene rings is 1. The summed E-state index contributed by atoms with van der Waals surface area (Å²) in [5, 5.41) is 3.17. The van der Waals surface area contributed by atoms with Gasteiger partial charge >= 0.3 is 0 Å². The van der Waals surface area contributed by atoms with Crippen LogP contribution >= 0.6 is 11.6 Å². The van der Waals surface area contributed by atoms with E-state index in [2.05, 4.69) is 15.3 Å². The average molecular weight is 308 g/mol. The minimum atomic E-state index is -0.408. The molecule has 0 fully saturated rings. The summed E-state index contributed by atoms with van der Waals surface area (Å²) in [6, 6.07) is 4.96. The summed E-state index contributed by atoms with van der Waals surface area (Å²) in [7, 11) is 1.81. The number of fused-ring (bicyclic) bond motifs is 1. The summed E-state index contributed by atoms with van der Waals surface area (Å²) >= 11 is 5.81. The first-order valence-electron chi connectivity index (χ1n) is 6.76. The van der Waals surface area contributed by atoms with Gasteiger partial charge in [0.15, 0.2) is 0 Å². The molecule has 1 aliphatic rings. The maximum absolute atomic E-state index is 14.0. The molecule has 1 N–H and O–H groups in total. The van der Waals surface area contributed by atoms with Crippen LogP contribution in [0.5, 0.6) is 0 Å². The molecule has 0 unspecified atom stereocenters. The molecule has 0 spiro atoms. The van der Waals surface area contributed by atoms with E-state index < -0.39 is 5.82 Å². The van der Waals surface area contributed by atoms with E-state index in [1.807, 2.05) is 0 Å². The molecule has 2 aromatic rings. The monoisotopic (exact) mass is 307 g/mol. The highest BCUT2D eigenvalue weighted by atomic mass is 35.5. The van der Waals surface area contributed by atoms with Crippen molar-refractivity contribution in [2.75, 3.05) is 19.0 Å². The summed E-state index contributed by atoms with van der Waals surface area (Å²) < 4.78 is 19.4. The fourth-order valence-electron chi connectivity index (χ4n) is 2.42. The molecule has 6 heteroatoms. The summed E-state index contributed by atoms with van der Waals surface area (Å²) in [6.07, 6.45) is 1.06. The topological polar surface area (TPSA) is 47.0 Å². The lowest BCUT2D eigenvalue weighted by Gasteiger charge is -2.19. The molecule has 110 valence electrons. The van der Waals surface area contributed by atoms with Crippen molar-refractivity contribution >= 4 is 17.4 Å². The van der Waals surface area contributed by atoms with Gasteiger partial charge < -0.3 is 10.1 Å². The molecular formula is C15H15ClFN3O. The van der Waals surface area contributed by atoms with E-state index in [-0.39, 0.29) is 5.02 Å². The van der Waals surface area contributed by atoms with Crippen molar-refractivity contribution < 1.29 is 9.13 Å². The van der Waals surface area contributed by atoms with Crippen molar-refractivity contribution in [3.63, 3.8) is 0 Å². The van der Waals surface area contributed by atoms with E-state index in [9.17, 15) is 4.39 Å². The van der Waals surface area contributed by atoms with Gasteiger partial charge in [-0.2, -0.15) is 0 Å². The van der Waals surface area contributed by atoms with Gasteiger partial charge in [0.25, 0.3) is 0 Å². The van der Waals surface area contributed by atoms with Crippen molar-refractivity contribution in [3.05, 3.63) is 51.7 Å². The Labute approximate surface area is 127 Å². The lowest BCUT2D eigenvalue weighted by molar-refractivity contribution is 0.109. The van der Waals surface area contributed by atoms with E-state index in [4.69, 9.17) is 16.3 Å². The van der Waals surface area contributed by atoms with Gasteiger partial charge in [0.05, 0.1) is 23.9 Å². The van der Waals surface area contributed by atoms with Crippen LogP contribution in [0.4, 0.5) is 10.2 Å². The van der Waals surface area contributed by atoms with Crippen LogP contribution in [0.1, 0.15) is 22.6 Å². The summed E-state index contributed by atoms with van der Waals surface area (Å²) in [6.45, 7) is 1.16. The number of nitrogens with one attached hydrogen (secondary N) is 1. The van der Waals surface area contributed by atoms with Crippen LogP contribution in [0.15, 0.2) is 18.2 Å². The molecule has 1 aliphatic heterocycles. The van der Waals surface area contributed by atoms with Crippen molar-refractivity contribution in [1.82, 2.24) is 9.97 Å². The zero-order valence-electron chi connectivity index (χ0n) is 11.6. The van der Waals surface area contributed by atoms with Gasteiger partial charge in [-0.3, -0.25) is 0 Å². The first-order valence-corrected chi connectivity index (χ1v) is 7.14. The van der Waals surface area contributed by atoms with Crippen LogP contribution in [0.2, 0.25) is 5.02 Å². The largest absolute Gasteiger partial charge is 0.376 e. The Bertz CT molecular complexity index is 661. The molecule has 0 aliphatic carbocycles. The number of ether oxygens (including phenoxy) is 1. The summed E-state index contributed by atoms with van der Waals surface area (Å²) in [5.41, 5.74) is 2.45. The molecule has 1 aromatic carbocycles. The Balaban J connectivity index is 1.97. The van der Waals surface area contributed by atoms with Crippen LogP contribution in [0.3, 0.4) is 0 Å². The third-order valence-corrected chi connectivity index (χ3v) is 3.78. The van der Waals surface area contributed by atoms with Gasteiger partial charge in [0.1, 0.15) is 17.5 Å². The second kappa shape index (κ2) is 5.95. The minimum Gasteiger partial charge on any atom is -0.376 e. The van der Waals surface area contributed by atoms with Gasteiger partial charge in [-0.1, -0.05) is 23.7 Å². The fourth-order valence-corrected chi connectivity index (χ4v) is 2.62. The molecule has 0 bridgehead atoms. The molecule has 0 amide bonds. The van der Waals surface area contributed by atoms with Crippen LogP contribution in [0, 0.1) is 5.82 Å². The van der Waals surface area contributed by atoms with E-state index in [0.29, 0.717) is 31.0 Å². The predicted octanol–water partition coefficient (Wildman–Crippen LogP) is 2.97. The van der Waals surface area contributed by atoms with Crippen LogP contribution in [-0.4, -0.2) is 23.6 Å². The number of hydrogen-bond acceptors (Lipinski definition) is 4. The zero-order chi connectivity index (χ0) is 14.8. The Hall–Kier alpha value is -1.72. The third kappa shape index (κ3) is 2.84. The SMILES string of the molecule is CNc1nc(Cc2cccc(Cl)c2F)nc2c1COCC2. The Morgan fingerprint density at radius 3 is 3.05 bits per heavy atom. The van der Waals surface area contributed by atoms with E-state index in [1.165, 1.54) is 6.07 Å². The molecule has 0 saturated carbocycles. The molecule has 0 atom stereocenters. The number of anilines is 1. The first-order chi connectivity index (χ1) is 10.2. The van der Waals surface area contributed by atoms with E-state index >= 15 is 0 Å². The Morgan fingerprint density at radius 2 is 2.24 bits per heavy atom. The van der Waals surface area contributed by atoms with Crippen LogP contribution in [0.25, 0.3) is 0 Å². The Kier molecular flexibility index (Phi) is 4.03. The maximum atomic E-state index is 14.0. The van der Waals surface area contributed by atoms with Gasteiger partial charge in [-0.05, 0) is 11.6 Å². The van der Waals surface area contributed by atoms with Crippen molar-refractivity contribution in [2.45, 2.75) is 19.4 Å².